The molecule has 0 saturated carbocycles. The molecule has 3 aromatic rings. The van der Waals surface area contributed by atoms with Crippen molar-refractivity contribution in [2.24, 2.45) is 5.73 Å². The number of nitrogens with two attached hydrogens (primary N) is 1. The van der Waals surface area contributed by atoms with Gasteiger partial charge in [-0.25, -0.2) is 4.98 Å². The first-order chi connectivity index (χ1) is 12.1. The molecule has 2 aromatic carbocycles. The van der Waals surface area contributed by atoms with Crippen molar-refractivity contribution in [3.63, 3.8) is 0 Å². The topological polar surface area (TPSA) is 81.1 Å². The molecule has 1 atom stereocenters. The summed E-state index contributed by atoms with van der Waals surface area (Å²) in [4.78, 5) is 14.9. The molecule has 1 amide bonds. The predicted molar refractivity (Wildman–Crippen MR) is 98.3 cm³/mol. The Morgan fingerprint density at radius 3 is 2.72 bits per heavy atom. The standard InChI is InChI=1S/C20H23N3O2/c21-20(25)19-13-23(14-22-19)12-18(24)8-4-1-5-15-9-10-16-6-2-3-7-17(16)11-15/h2-3,6-7,9-11,13-14,18,24H,1,4-5,8,12H2,(H2,21,25). The van der Waals surface area contributed by atoms with Crippen molar-refractivity contribution in [3.05, 3.63) is 66.2 Å². The lowest BCUT2D eigenvalue weighted by Gasteiger charge is -2.11. The molecule has 0 bridgehead atoms. The SMILES string of the molecule is NC(=O)c1cn(CC(O)CCCCc2ccc3ccccc3c2)cn1. The molecule has 3 N–H and O–H groups in total. The molecule has 0 aliphatic heterocycles. The average Bonchev–Trinajstić information content (AvgIpc) is 3.07. The lowest BCUT2D eigenvalue weighted by molar-refractivity contribution is 0.0995. The van der Waals surface area contributed by atoms with Crippen LogP contribution in [0.1, 0.15) is 35.3 Å². The van der Waals surface area contributed by atoms with Crippen LogP contribution in [0.15, 0.2) is 55.0 Å². The third kappa shape index (κ3) is 4.67. The van der Waals surface area contributed by atoms with Gasteiger partial charge in [0, 0.05) is 12.7 Å². The van der Waals surface area contributed by atoms with E-state index in [2.05, 4.69) is 47.4 Å². The quantitative estimate of drug-likeness (QED) is 0.620. The number of imidazole rings is 1. The van der Waals surface area contributed by atoms with Gasteiger partial charge in [-0.1, -0.05) is 48.9 Å². The number of aryl methyl sites for hydroxylation is 1. The number of nitrogens with zero attached hydrogens (tertiary/aromatic N) is 2. The fourth-order valence-electron chi connectivity index (χ4n) is 3.03. The molecule has 1 unspecified atom stereocenters. The van der Waals surface area contributed by atoms with Crippen molar-refractivity contribution in [1.82, 2.24) is 9.55 Å². The Bertz CT molecular complexity index is 857. The lowest BCUT2D eigenvalue weighted by Crippen LogP contribution is -2.15. The number of carbonyl (C=O) groups is 1. The van der Waals surface area contributed by atoms with Gasteiger partial charge in [0.05, 0.1) is 12.4 Å². The van der Waals surface area contributed by atoms with Gasteiger partial charge in [0.15, 0.2) is 0 Å². The van der Waals surface area contributed by atoms with Gasteiger partial charge in [-0.15, -0.1) is 0 Å². The zero-order chi connectivity index (χ0) is 17.6. The fraction of sp³-hybridized carbons (Fsp3) is 0.300. The van der Waals surface area contributed by atoms with Crippen molar-refractivity contribution >= 4 is 16.7 Å². The summed E-state index contributed by atoms with van der Waals surface area (Å²) in [7, 11) is 0. The summed E-state index contributed by atoms with van der Waals surface area (Å²) in [6.45, 7) is 0.427. The number of hydrogen-bond acceptors (Lipinski definition) is 3. The maximum atomic E-state index is 11.0. The molecule has 1 heterocycles. The van der Waals surface area contributed by atoms with E-state index in [0.717, 1.165) is 25.7 Å². The molecule has 5 heteroatoms. The van der Waals surface area contributed by atoms with Crippen LogP contribution in [0.3, 0.4) is 0 Å². The first kappa shape index (κ1) is 17.2. The second-order valence-corrected chi connectivity index (χ2v) is 6.40. The number of unbranched alkanes of at least 4 members (excludes halogenated alkanes) is 1. The summed E-state index contributed by atoms with van der Waals surface area (Å²) in [5.74, 6) is -0.552. The average molecular weight is 337 g/mol. The largest absolute Gasteiger partial charge is 0.391 e. The first-order valence-corrected chi connectivity index (χ1v) is 8.59. The summed E-state index contributed by atoms with van der Waals surface area (Å²) < 4.78 is 1.70. The maximum absolute atomic E-state index is 11.0. The molecule has 0 fully saturated rings. The number of aliphatic hydroxyl groups is 1. The van der Waals surface area contributed by atoms with Crippen LogP contribution in [0.25, 0.3) is 10.8 Å². The number of rotatable bonds is 8. The molecule has 25 heavy (non-hydrogen) atoms. The van der Waals surface area contributed by atoms with Crippen LogP contribution in [0.4, 0.5) is 0 Å². The van der Waals surface area contributed by atoms with E-state index in [0.29, 0.717) is 6.54 Å². The third-order valence-corrected chi connectivity index (χ3v) is 4.37. The summed E-state index contributed by atoms with van der Waals surface area (Å²) in [6.07, 6.45) is 6.36. The van der Waals surface area contributed by atoms with E-state index < -0.39 is 12.0 Å². The number of fused-ring (bicyclic) bond motifs is 1. The molecule has 0 saturated heterocycles. The molecule has 0 aliphatic carbocycles. The Morgan fingerprint density at radius 2 is 1.96 bits per heavy atom. The van der Waals surface area contributed by atoms with Crippen molar-refractivity contribution < 1.29 is 9.90 Å². The molecule has 5 nitrogen and oxygen atoms in total. The van der Waals surface area contributed by atoms with E-state index in [1.54, 1.807) is 10.8 Å². The van der Waals surface area contributed by atoms with E-state index in [4.69, 9.17) is 5.73 Å². The van der Waals surface area contributed by atoms with Crippen LogP contribution in [0.2, 0.25) is 0 Å². The summed E-state index contributed by atoms with van der Waals surface area (Å²) >= 11 is 0. The van der Waals surface area contributed by atoms with Crippen LogP contribution >= 0.6 is 0 Å². The van der Waals surface area contributed by atoms with Gasteiger partial charge in [-0.3, -0.25) is 4.79 Å². The van der Waals surface area contributed by atoms with Crippen molar-refractivity contribution in [3.8, 4) is 0 Å². The molecular weight excluding hydrogens is 314 g/mol. The number of hydrogen-bond donors (Lipinski definition) is 2. The molecule has 0 radical (unpaired) electrons. The van der Waals surface area contributed by atoms with Crippen LogP contribution in [0.5, 0.6) is 0 Å². The van der Waals surface area contributed by atoms with Crippen molar-refractivity contribution in [1.29, 1.82) is 0 Å². The number of aliphatic hydroxyl groups excluding tert-OH is 1. The molecular formula is C20H23N3O2. The number of aromatic nitrogens is 2. The Hall–Kier alpha value is -2.66. The van der Waals surface area contributed by atoms with Gasteiger partial charge >= 0.3 is 0 Å². The van der Waals surface area contributed by atoms with Gasteiger partial charge in [0.25, 0.3) is 5.91 Å². The van der Waals surface area contributed by atoms with Crippen molar-refractivity contribution in [2.75, 3.05) is 0 Å². The zero-order valence-corrected chi connectivity index (χ0v) is 14.1. The highest BCUT2D eigenvalue weighted by molar-refractivity contribution is 5.90. The molecule has 0 aliphatic rings. The van der Waals surface area contributed by atoms with Gasteiger partial charge in [-0.2, -0.15) is 0 Å². The minimum atomic E-state index is -0.552. The number of carbonyl (C=O) groups excluding carboxylic acids is 1. The van der Waals surface area contributed by atoms with Gasteiger partial charge < -0.3 is 15.4 Å². The van der Waals surface area contributed by atoms with Crippen LogP contribution in [-0.2, 0) is 13.0 Å². The molecule has 3 rings (SSSR count). The second-order valence-electron chi connectivity index (χ2n) is 6.40. The Morgan fingerprint density at radius 1 is 1.16 bits per heavy atom. The van der Waals surface area contributed by atoms with Crippen LogP contribution in [0, 0.1) is 0 Å². The molecule has 1 aromatic heterocycles. The highest BCUT2D eigenvalue weighted by atomic mass is 16.3. The summed E-state index contributed by atoms with van der Waals surface area (Å²) in [6, 6.07) is 14.9. The van der Waals surface area contributed by atoms with Gasteiger partial charge in [0.1, 0.15) is 5.69 Å². The number of primary amides is 1. The van der Waals surface area contributed by atoms with Gasteiger partial charge in [0.2, 0.25) is 0 Å². The Kier molecular flexibility index (Phi) is 5.46. The predicted octanol–water partition coefficient (Wildman–Crippen LogP) is 2.91. The molecule has 130 valence electrons. The van der Waals surface area contributed by atoms with E-state index in [1.807, 2.05) is 0 Å². The normalized spacial score (nSPS) is 12.4. The van der Waals surface area contributed by atoms with Crippen molar-refractivity contribution in [2.45, 2.75) is 38.3 Å². The zero-order valence-electron chi connectivity index (χ0n) is 14.1. The number of benzene rings is 2. The summed E-state index contributed by atoms with van der Waals surface area (Å²) in [5.41, 5.74) is 6.72. The maximum Gasteiger partial charge on any atom is 0.268 e. The number of amides is 1. The Labute approximate surface area is 147 Å². The van der Waals surface area contributed by atoms with E-state index >= 15 is 0 Å². The second kappa shape index (κ2) is 7.94. The smallest absolute Gasteiger partial charge is 0.268 e. The fourth-order valence-corrected chi connectivity index (χ4v) is 3.03. The van der Waals surface area contributed by atoms with Gasteiger partial charge in [-0.05, 0) is 35.6 Å². The van der Waals surface area contributed by atoms with Crippen LogP contribution in [-0.4, -0.2) is 26.7 Å². The lowest BCUT2D eigenvalue weighted by atomic mass is 10.0. The highest BCUT2D eigenvalue weighted by Crippen LogP contribution is 2.17. The van der Waals surface area contributed by atoms with E-state index in [9.17, 15) is 9.90 Å². The minimum absolute atomic E-state index is 0.225. The monoisotopic (exact) mass is 337 g/mol. The first-order valence-electron chi connectivity index (χ1n) is 8.59. The van der Waals surface area contributed by atoms with E-state index in [1.165, 1.54) is 22.7 Å². The van der Waals surface area contributed by atoms with Crippen LogP contribution < -0.4 is 5.73 Å². The highest BCUT2D eigenvalue weighted by Gasteiger charge is 2.09. The van der Waals surface area contributed by atoms with E-state index in [-0.39, 0.29) is 5.69 Å². The summed E-state index contributed by atoms with van der Waals surface area (Å²) in [5, 5.41) is 12.7. The molecule has 0 spiro atoms. The third-order valence-electron chi connectivity index (χ3n) is 4.37. The minimum Gasteiger partial charge on any atom is -0.391 e. The Balaban J connectivity index is 1.43.